The zero-order chi connectivity index (χ0) is 18.2. The van der Waals surface area contributed by atoms with Gasteiger partial charge in [0.05, 0.1) is 5.75 Å². The second kappa shape index (κ2) is 9.44. The molecule has 0 saturated carbocycles. The molecule has 1 amide bonds. The van der Waals surface area contributed by atoms with E-state index >= 15 is 0 Å². The van der Waals surface area contributed by atoms with Crippen LogP contribution in [0.2, 0.25) is 0 Å². The van der Waals surface area contributed by atoms with Gasteiger partial charge in [0.15, 0.2) is 5.11 Å². The summed E-state index contributed by atoms with van der Waals surface area (Å²) in [7, 11) is 0. The summed E-state index contributed by atoms with van der Waals surface area (Å²) >= 11 is 6.77. The third-order valence-corrected chi connectivity index (χ3v) is 5.02. The number of thioether (sulfide) groups is 1. The third-order valence-electron chi connectivity index (χ3n) is 3.83. The highest BCUT2D eigenvalue weighted by molar-refractivity contribution is 7.99. The molecule has 2 aromatic carbocycles. The number of hydrazine groups is 1. The molecule has 0 aromatic heterocycles. The Morgan fingerprint density at radius 3 is 2.48 bits per heavy atom. The first kappa shape index (κ1) is 19.3. The molecule has 0 saturated heterocycles. The van der Waals surface area contributed by atoms with Gasteiger partial charge in [-0.2, -0.15) is 0 Å². The molecule has 0 aliphatic rings. The van der Waals surface area contributed by atoms with E-state index in [1.54, 1.807) is 11.8 Å². The third kappa shape index (κ3) is 6.40. The first-order chi connectivity index (χ1) is 12.0. The number of rotatable bonds is 5. The van der Waals surface area contributed by atoms with Crippen LogP contribution in [-0.4, -0.2) is 16.8 Å². The van der Waals surface area contributed by atoms with Crippen LogP contribution in [0.3, 0.4) is 0 Å². The average Bonchev–Trinajstić information content (AvgIpc) is 2.58. The second-order valence-corrected chi connectivity index (χ2v) is 7.24. The zero-order valence-electron chi connectivity index (χ0n) is 14.7. The summed E-state index contributed by atoms with van der Waals surface area (Å²) in [4.78, 5) is 11.9. The summed E-state index contributed by atoms with van der Waals surface area (Å²) in [6.45, 7) is 6.18. The van der Waals surface area contributed by atoms with Crippen molar-refractivity contribution in [3.8, 4) is 0 Å². The summed E-state index contributed by atoms with van der Waals surface area (Å²) in [6, 6.07) is 14.2. The van der Waals surface area contributed by atoms with Crippen molar-refractivity contribution in [3.63, 3.8) is 0 Å². The van der Waals surface area contributed by atoms with Gasteiger partial charge in [-0.25, -0.2) is 0 Å². The molecule has 2 aromatic rings. The van der Waals surface area contributed by atoms with E-state index in [1.165, 1.54) is 22.3 Å². The highest BCUT2D eigenvalue weighted by atomic mass is 32.2. The van der Waals surface area contributed by atoms with Gasteiger partial charge in [0, 0.05) is 11.4 Å². The lowest BCUT2D eigenvalue weighted by atomic mass is 10.1. The predicted molar refractivity (Wildman–Crippen MR) is 111 cm³/mol. The standard InChI is InChI=1S/C19H23N3OS2/c1-13-8-9-17(10-15(13)3)20-19(24)22-21-18(23)12-25-11-16-7-5-4-6-14(16)2/h4-10H,11-12H2,1-3H3,(H,21,23)(H2,20,22,24). The largest absolute Gasteiger partial charge is 0.331 e. The fraction of sp³-hybridized carbons (Fsp3) is 0.263. The van der Waals surface area contributed by atoms with E-state index in [2.05, 4.69) is 42.1 Å². The monoisotopic (exact) mass is 373 g/mol. The quantitative estimate of drug-likeness (QED) is 0.549. The highest BCUT2D eigenvalue weighted by Gasteiger charge is 2.05. The lowest BCUT2D eigenvalue weighted by molar-refractivity contribution is -0.119. The van der Waals surface area contributed by atoms with Gasteiger partial charge in [-0.05, 0) is 67.4 Å². The molecule has 0 atom stereocenters. The van der Waals surface area contributed by atoms with Crippen LogP contribution < -0.4 is 16.2 Å². The van der Waals surface area contributed by atoms with Crippen molar-refractivity contribution in [2.45, 2.75) is 26.5 Å². The normalized spacial score (nSPS) is 10.2. The Morgan fingerprint density at radius 2 is 1.76 bits per heavy atom. The van der Waals surface area contributed by atoms with Crippen molar-refractivity contribution >= 4 is 40.7 Å². The molecular weight excluding hydrogens is 350 g/mol. The number of hydrogen-bond donors (Lipinski definition) is 3. The molecule has 25 heavy (non-hydrogen) atoms. The number of benzene rings is 2. The predicted octanol–water partition coefficient (Wildman–Crippen LogP) is 3.86. The van der Waals surface area contributed by atoms with Crippen molar-refractivity contribution in [2.75, 3.05) is 11.1 Å². The lowest BCUT2D eigenvalue weighted by Gasteiger charge is -2.12. The number of hydrogen-bond acceptors (Lipinski definition) is 3. The van der Waals surface area contributed by atoms with Crippen molar-refractivity contribution in [3.05, 3.63) is 64.7 Å². The van der Waals surface area contributed by atoms with Crippen LogP contribution in [0.5, 0.6) is 0 Å². The average molecular weight is 374 g/mol. The molecule has 0 spiro atoms. The number of aryl methyl sites for hydroxylation is 3. The molecule has 4 nitrogen and oxygen atoms in total. The summed E-state index contributed by atoms with van der Waals surface area (Å²) in [5.41, 5.74) is 11.1. The second-order valence-electron chi connectivity index (χ2n) is 5.85. The first-order valence-corrected chi connectivity index (χ1v) is 9.57. The summed E-state index contributed by atoms with van der Waals surface area (Å²) in [6.07, 6.45) is 0. The minimum atomic E-state index is -0.108. The maximum atomic E-state index is 11.9. The van der Waals surface area contributed by atoms with E-state index < -0.39 is 0 Å². The van der Waals surface area contributed by atoms with Crippen molar-refractivity contribution in [1.29, 1.82) is 0 Å². The minimum absolute atomic E-state index is 0.108. The Morgan fingerprint density at radius 1 is 1.00 bits per heavy atom. The molecule has 2 rings (SSSR count). The van der Waals surface area contributed by atoms with Crippen molar-refractivity contribution in [2.24, 2.45) is 0 Å². The molecule has 0 aliphatic carbocycles. The van der Waals surface area contributed by atoms with Gasteiger partial charge in [0.1, 0.15) is 0 Å². The fourth-order valence-electron chi connectivity index (χ4n) is 2.17. The zero-order valence-corrected chi connectivity index (χ0v) is 16.3. The van der Waals surface area contributed by atoms with Crippen LogP contribution in [0.4, 0.5) is 5.69 Å². The number of thiocarbonyl (C=S) groups is 1. The van der Waals surface area contributed by atoms with E-state index in [-0.39, 0.29) is 5.91 Å². The maximum absolute atomic E-state index is 11.9. The van der Waals surface area contributed by atoms with E-state index in [0.29, 0.717) is 10.9 Å². The SMILES string of the molecule is Cc1ccc(NC(=S)NNC(=O)CSCc2ccccc2C)cc1C. The Balaban J connectivity index is 1.69. The summed E-state index contributed by atoms with van der Waals surface area (Å²) < 4.78 is 0. The molecule has 0 fully saturated rings. The van der Waals surface area contributed by atoms with Crippen LogP contribution in [-0.2, 0) is 10.5 Å². The molecule has 0 bridgehead atoms. The van der Waals surface area contributed by atoms with Crippen LogP contribution >= 0.6 is 24.0 Å². The van der Waals surface area contributed by atoms with E-state index in [9.17, 15) is 4.79 Å². The van der Waals surface area contributed by atoms with Gasteiger partial charge in [0.25, 0.3) is 0 Å². The Kier molecular flexibility index (Phi) is 7.28. The smallest absolute Gasteiger partial charge is 0.248 e. The maximum Gasteiger partial charge on any atom is 0.248 e. The van der Waals surface area contributed by atoms with E-state index in [4.69, 9.17) is 12.2 Å². The van der Waals surface area contributed by atoms with Gasteiger partial charge in [-0.3, -0.25) is 15.6 Å². The van der Waals surface area contributed by atoms with Gasteiger partial charge < -0.3 is 5.32 Å². The molecular formula is C19H23N3OS2. The Hall–Kier alpha value is -2.05. The van der Waals surface area contributed by atoms with Gasteiger partial charge in [0.2, 0.25) is 5.91 Å². The molecule has 132 valence electrons. The minimum Gasteiger partial charge on any atom is -0.331 e. The number of carbonyl (C=O) groups excluding carboxylic acids is 1. The van der Waals surface area contributed by atoms with Crippen LogP contribution in [0, 0.1) is 20.8 Å². The Bertz CT molecular complexity index is 762. The summed E-state index contributed by atoms with van der Waals surface area (Å²) in [5, 5.41) is 3.42. The summed E-state index contributed by atoms with van der Waals surface area (Å²) in [5.74, 6) is 1.07. The molecule has 3 N–H and O–H groups in total. The van der Waals surface area contributed by atoms with Crippen molar-refractivity contribution in [1.82, 2.24) is 10.9 Å². The fourth-order valence-corrected chi connectivity index (χ4v) is 3.24. The lowest BCUT2D eigenvalue weighted by Crippen LogP contribution is -2.44. The molecule has 0 heterocycles. The highest BCUT2D eigenvalue weighted by Crippen LogP contribution is 2.15. The van der Waals surface area contributed by atoms with E-state index in [1.807, 2.05) is 37.3 Å². The van der Waals surface area contributed by atoms with Crippen molar-refractivity contribution < 1.29 is 4.79 Å². The topological polar surface area (TPSA) is 53.2 Å². The van der Waals surface area contributed by atoms with Crippen LogP contribution in [0.1, 0.15) is 22.3 Å². The Labute approximate surface area is 158 Å². The van der Waals surface area contributed by atoms with Gasteiger partial charge in [-0.15, -0.1) is 11.8 Å². The number of anilines is 1. The van der Waals surface area contributed by atoms with Crippen LogP contribution in [0.15, 0.2) is 42.5 Å². The molecule has 0 radical (unpaired) electrons. The van der Waals surface area contributed by atoms with Crippen LogP contribution in [0.25, 0.3) is 0 Å². The number of nitrogens with one attached hydrogen (secondary N) is 3. The number of carbonyl (C=O) groups is 1. The molecule has 0 aliphatic heterocycles. The number of amides is 1. The van der Waals surface area contributed by atoms with E-state index in [0.717, 1.165) is 11.4 Å². The van der Waals surface area contributed by atoms with Gasteiger partial charge in [-0.1, -0.05) is 30.3 Å². The van der Waals surface area contributed by atoms with Gasteiger partial charge >= 0.3 is 0 Å². The first-order valence-electron chi connectivity index (χ1n) is 8.01. The molecule has 6 heteroatoms. The molecule has 0 unspecified atom stereocenters.